The van der Waals surface area contributed by atoms with Crippen molar-refractivity contribution in [2.45, 2.75) is 13.7 Å². The second-order valence-electron chi connectivity index (χ2n) is 5.91. The van der Waals surface area contributed by atoms with Gasteiger partial charge < -0.3 is 9.30 Å². The van der Waals surface area contributed by atoms with Crippen molar-refractivity contribution >= 4 is 21.8 Å². The van der Waals surface area contributed by atoms with Crippen LogP contribution in [0.15, 0.2) is 65.6 Å². The van der Waals surface area contributed by atoms with Gasteiger partial charge in [0.15, 0.2) is 0 Å². The highest BCUT2D eigenvalue weighted by molar-refractivity contribution is 6.09. The minimum absolute atomic E-state index is 0.0324. The van der Waals surface area contributed by atoms with Crippen molar-refractivity contribution in [3.05, 3.63) is 76.7 Å². The molecule has 0 atom stereocenters. The number of hydrogen-bond acceptors (Lipinski definition) is 2. The van der Waals surface area contributed by atoms with Crippen LogP contribution in [0.1, 0.15) is 5.56 Å². The van der Waals surface area contributed by atoms with Crippen LogP contribution in [0.4, 0.5) is 0 Å². The summed E-state index contributed by atoms with van der Waals surface area (Å²) in [7, 11) is 1.64. The van der Waals surface area contributed by atoms with E-state index < -0.39 is 0 Å². The van der Waals surface area contributed by atoms with Crippen molar-refractivity contribution in [1.29, 1.82) is 0 Å². The highest BCUT2D eigenvalue weighted by Gasteiger charge is 2.17. The summed E-state index contributed by atoms with van der Waals surface area (Å²) in [6.07, 6.45) is 1.92. The summed E-state index contributed by atoms with van der Waals surface area (Å²) in [4.78, 5) is 13.2. The standard InChI is InChI=1S/C20H18N2O2/c1-14-12-21(15-8-4-3-5-9-15)20(23)19-18(14)16-10-6-7-11-17(16)22(19)13-24-2/h3-12H,13H2,1-2H3. The average Bonchev–Trinajstić information content (AvgIpc) is 2.95. The number of benzene rings is 2. The molecule has 4 rings (SSSR count). The molecule has 0 aliphatic rings. The number of methoxy groups -OCH3 is 1. The van der Waals surface area contributed by atoms with E-state index in [0.29, 0.717) is 12.2 Å². The lowest BCUT2D eigenvalue weighted by molar-refractivity contribution is 0.138. The van der Waals surface area contributed by atoms with Crippen LogP contribution in [0.5, 0.6) is 0 Å². The molecule has 0 radical (unpaired) electrons. The van der Waals surface area contributed by atoms with E-state index in [1.807, 2.05) is 66.2 Å². The molecule has 4 nitrogen and oxygen atoms in total. The Balaban J connectivity index is 2.19. The van der Waals surface area contributed by atoms with Gasteiger partial charge in [0.2, 0.25) is 0 Å². The van der Waals surface area contributed by atoms with Gasteiger partial charge in [0.05, 0.1) is 5.52 Å². The van der Waals surface area contributed by atoms with Gasteiger partial charge in [-0.1, -0.05) is 36.4 Å². The Labute approximate surface area is 139 Å². The van der Waals surface area contributed by atoms with Gasteiger partial charge in [0.25, 0.3) is 5.56 Å². The smallest absolute Gasteiger partial charge is 0.279 e. The monoisotopic (exact) mass is 318 g/mol. The zero-order valence-corrected chi connectivity index (χ0v) is 13.7. The van der Waals surface area contributed by atoms with E-state index in [9.17, 15) is 4.79 Å². The molecule has 4 aromatic rings. The molecule has 120 valence electrons. The molecule has 0 unspecified atom stereocenters. The molecule has 0 amide bonds. The Hall–Kier alpha value is -2.85. The van der Waals surface area contributed by atoms with Crippen molar-refractivity contribution in [2.24, 2.45) is 0 Å². The first-order chi connectivity index (χ1) is 11.7. The molecule has 2 aromatic heterocycles. The molecule has 0 fully saturated rings. The fourth-order valence-electron chi connectivity index (χ4n) is 3.40. The van der Waals surface area contributed by atoms with Gasteiger partial charge in [0, 0.05) is 29.8 Å². The summed E-state index contributed by atoms with van der Waals surface area (Å²) >= 11 is 0. The molecule has 0 saturated carbocycles. The molecule has 2 aromatic carbocycles. The molecular weight excluding hydrogens is 300 g/mol. The predicted octanol–water partition coefficient (Wildman–Crippen LogP) is 3.86. The highest BCUT2D eigenvalue weighted by atomic mass is 16.5. The van der Waals surface area contributed by atoms with Crippen molar-refractivity contribution < 1.29 is 4.74 Å². The Morgan fingerprint density at radius 2 is 1.71 bits per heavy atom. The molecule has 0 aliphatic carbocycles. The maximum absolute atomic E-state index is 13.2. The SMILES string of the molecule is COCn1c2ccccc2c2c(C)cn(-c3ccccc3)c(=O)c21. The van der Waals surface area contributed by atoms with E-state index in [-0.39, 0.29) is 5.56 Å². The topological polar surface area (TPSA) is 36.2 Å². The number of aromatic nitrogens is 2. The number of nitrogens with zero attached hydrogens (tertiary/aromatic N) is 2. The van der Waals surface area contributed by atoms with Crippen LogP contribution in [0, 0.1) is 6.92 Å². The molecule has 24 heavy (non-hydrogen) atoms. The van der Waals surface area contributed by atoms with E-state index in [1.165, 1.54) is 0 Å². The van der Waals surface area contributed by atoms with Crippen molar-refractivity contribution in [2.75, 3.05) is 7.11 Å². The Kier molecular flexibility index (Phi) is 3.47. The number of hydrogen-bond donors (Lipinski definition) is 0. The third-order valence-electron chi connectivity index (χ3n) is 4.40. The zero-order chi connectivity index (χ0) is 16.7. The highest BCUT2D eigenvalue weighted by Crippen LogP contribution is 2.29. The van der Waals surface area contributed by atoms with E-state index in [0.717, 1.165) is 27.5 Å². The molecule has 4 heteroatoms. The van der Waals surface area contributed by atoms with Crippen LogP contribution in [-0.4, -0.2) is 16.2 Å². The van der Waals surface area contributed by atoms with Gasteiger partial charge in [-0.05, 0) is 30.7 Å². The largest absolute Gasteiger partial charge is 0.364 e. The van der Waals surface area contributed by atoms with Crippen LogP contribution >= 0.6 is 0 Å². The molecule has 0 aliphatic heterocycles. The van der Waals surface area contributed by atoms with Gasteiger partial charge in [-0.3, -0.25) is 9.36 Å². The summed E-state index contributed by atoms with van der Waals surface area (Å²) < 4.78 is 9.03. The third-order valence-corrected chi connectivity index (χ3v) is 4.40. The van der Waals surface area contributed by atoms with Gasteiger partial charge in [-0.15, -0.1) is 0 Å². The minimum Gasteiger partial charge on any atom is -0.364 e. The van der Waals surface area contributed by atoms with E-state index >= 15 is 0 Å². The maximum atomic E-state index is 13.2. The fraction of sp³-hybridized carbons (Fsp3) is 0.150. The molecule has 2 heterocycles. The lowest BCUT2D eigenvalue weighted by Gasteiger charge is -2.10. The summed E-state index contributed by atoms with van der Waals surface area (Å²) in [5.74, 6) is 0. The lowest BCUT2D eigenvalue weighted by atomic mass is 10.1. The van der Waals surface area contributed by atoms with Gasteiger partial charge in [-0.2, -0.15) is 0 Å². The van der Waals surface area contributed by atoms with Crippen molar-refractivity contribution in [3.8, 4) is 5.69 Å². The number of aryl methyl sites for hydroxylation is 1. The van der Waals surface area contributed by atoms with E-state index in [4.69, 9.17) is 4.74 Å². The van der Waals surface area contributed by atoms with Crippen molar-refractivity contribution in [1.82, 2.24) is 9.13 Å². The quantitative estimate of drug-likeness (QED) is 0.575. The second-order valence-corrected chi connectivity index (χ2v) is 5.91. The van der Waals surface area contributed by atoms with Crippen LogP contribution in [0.2, 0.25) is 0 Å². The third kappa shape index (κ3) is 2.07. The van der Waals surface area contributed by atoms with Crippen LogP contribution in [0.25, 0.3) is 27.5 Å². The Morgan fingerprint density at radius 3 is 2.46 bits per heavy atom. The number of ether oxygens (including phenoxy) is 1. The van der Waals surface area contributed by atoms with Gasteiger partial charge in [-0.25, -0.2) is 0 Å². The molecule has 0 N–H and O–H groups in total. The normalized spacial score (nSPS) is 11.4. The van der Waals surface area contributed by atoms with Gasteiger partial charge in [0.1, 0.15) is 12.2 Å². The zero-order valence-electron chi connectivity index (χ0n) is 13.7. The molecule has 0 saturated heterocycles. The minimum atomic E-state index is -0.0324. The Bertz CT molecular complexity index is 1090. The van der Waals surface area contributed by atoms with Crippen LogP contribution < -0.4 is 5.56 Å². The average molecular weight is 318 g/mol. The number of fused-ring (bicyclic) bond motifs is 3. The first kappa shape index (κ1) is 14.7. The second kappa shape index (κ2) is 5.65. The van der Waals surface area contributed by atoms with E-state index in [1.54, 1.807) is 11.7 Å². The number of para-hydroxylation sites is 2. The van der Waals surface area contributed by atoms with Crippen LogP contribution in [0.3, 0.4) is 0 Å². The number of pyridine rings is 1. The summed E-state index contributed by atoms with van der Waals surface area (Å²) in [5, 5.41) is 2.08. The van der Waals surface area contributed by atoms with E-state index in [2.05, 4.69) is 6.07 Å². The first-order valence-corrected chi connectivity index (χ1v) is 7.90. The first-order valence-electron chi connectivity index (χ1n) is 7.90. The summed E-state index contributed by atoms with van der Waals surface area (Å²) in [5.41, 5.74) is 3.60. The molecule has 0 spiro atoms. The fourth-order valence-corrected chi connectivity index (χ4v) is 3.40. The Morgan fingerprint density at radius 1 is 1.00 bits per heavy atom. The maximum Gasteiger partial charge on any atom is 0.279 e. The molecular formula is C20H18N2O2. The molecule has 0 bridgehead atoms. The predicted molar refractivity (Wildman–Crippen MR) is 96.8 cm³/mol. The summed E-state index contributed by atoms with van der Waals surface area (Å²) in [6, 6.07) is 17.8. The van der Waals surface area contributed by atoms with Crippen molar-refractivity contribution in [3.63, 3.8) is 0 Å². The lowest BCUT2D eigenvalue weighted by Crippen LogP contribution is -2.21. The van der Waals surface area contributed by atoms with Crippen LogP contribution in [-0.2, 0) is 11.5 Å². The number of rotatable bonds is 3. The summed E-state index contributed by atoms with van der Waals surface area (Å²) in [6.45, 7) is 2.39. The van der Waals surface area contributed by atoms with Gasteiger partial charge >= 0.3 is 0 Å².